The van der Waals surface area contributed by atoms with Crippen LogP contribution in [-0.2, 0) is 22.1 Å². The highest BCUT2D eigenvalue weighted by molar-refractivity contribution is 7.39. The molecule has 18 heavy (non-hydrogen) atoms. The van der Waals surface area contributed by atoms with Gasteiger partial charge in [-0.25, -0.2) is 0 Å². The first-order valence-corrected chi connectivity index (χ1v) is 7.51. The molecular formula is C12H17ClO4P+. The summed E-state index contributed by atoms with van der Waals surface area (Å²) in [5.74, 6) is 0.00763. The van der Waals surface area contributed by atoms with Crippen molar-refractivity contribution in [3.8, 4) is 5.75 Å². The first kappa shape index (κ1) is 15.4. The maximum absolute atomic E-state index is 11.3. The molecule has 0 saturated heterocycles. The summed E-state index contributed by atoms with van der Waals surface area (Å²) in [7, 11) is -1.65. The lowest BCUT2D eigenvalue weighted by atomic mass is 10.0. The lowest BCUT2D eigenvalue weighted by Crippen LogP contribution is -1.99. The van der Waals surface area contributed by atoms with Crippen molar-refractivity contribution in [2.24, 2.45) is 0 Å². The van der Waals surface area contributed by atoms with Crippen molar-refractivity contribution in [2.75, 3.05) is 12.8 Å². The van der Waals surface area contributed by atoms with Gasteiger partial charge < -0.3 is 10.2 Å². The van der Waals surface area contributed by atoms with Crippen molar-refractivity contribution >= 4 is 19.6 Å². The van der Waals surface area contributed by atoms with Crippen molar-refractivity contribution in [2.45, 2.75) is 26.4 Å². The number of aliphatic hydroxyl groups excluding tert-OH is 1. The minimum Gasteiger partial charge on any atom is -0.506 e. The lowest BCUT2D eigenvalue weighted by molar-refractivity contribution is 0.287. The Hall–Kier alpha value is -0.670. The van der Waals surface area contributed by atoms with Crippen molar-refractivity contribution in [3.63, 3.8) is 0 Å². The summed E-state index contributed by atoms with van der Waals surface area (Å²) >= 11 is 6.02. The molecule has 1 atom stereocenters. The Bertz CT molecular complexity index is 423. The molecular weight excluding hydrogens is 275 g/mol. The number of hydrogen-bond acceptors (Lipinski definition) is 4. The monoisotopic (exact) mass is 291 g/mol. The van der Waals surface area contributed by atoms with Gasteiger partial charge in [-0.3, -0.25) is 0 Å². The molecule has 1 rings (SSSR count). The normalized spacial score (nSPS) is 11.6. The Kier molecular flexibility index (Phi) is 6.58. The van der Waals surface area contributed by atoms with Gasteiger partial charge in [0.15, 0.2) is 6.16 Å². The fourth-order valence-corrected chi connectivity index (χ4v) is 2.29. The van der Waals surface area contributed by atoms with E-state index < -0.39 is 8.03 Å². The Labute approximate surface area is 112 Å². The van der Waals surface area contributed by atoms with Crippen LogP contribution in [0.2, 0.25) is 5.02 Å². The van der Waals surface area contributed by atoms with Gasteiger partial charge in [-0.05, 0) is 41.5 Å². The summed E-state index contributed by atoms with van der Waals surface area (Å²) in [5.41, 5.74) is 1.54. The molecule has 1 aromatic carbocycles. The molecule has 6 heteroatoms. The van der Waals surface area contributed by atoms with E-state index in [9.17, 15) is 9.67 Å². The van der Waals surface area contributed by atoms with E-state index in [4.69, 9.17) is 21.2 Å². The molecule has 0 saturated carbocycles. The van der Waals surface area contributed by atoms with Gasteiger partial charge in [-0.2, -0.15) is 0 Å². The third-order valence-corrected chi connectivity index (χ3v) is 3.88. The highest BCUT2D eigenvalue weighted by atomic mass is 35.5. The second kappa shape index (κ2) is 7.70. The van der Waals surface area contributed by atoms with Gasteiger partial charge in [0.1, 0.15) is 12.4 Å². The summed E-state index contributed by atoms with van der Waals surface area (Å²) in [6.45, 7) is 2.04. The molecule has 0 bridgehead atoms. The maximum atomic E-state index is 11.3. The third-order valence-electron chi connectivity index (χ3n) is 2.53. The summed E-state index contributed by atoms with van der Waals surface area (Å²) in [6.07, 6.45) is 1.56. The molecule has 0 aliphatic carbocycles. The molecule has 0 aromatic heterocycles. The minimum absolute atomic E-state index is 0.00763. The van der Waals surface area contributed by atoms with Gasteiger partial charge in [0, 0.05) is 6.61 Å². The number of phenols is 1. The zero-order chi connectivity index (χ0) is 13.5. The minimum atomic E-state index is -1.65. The van der Waals surface area contributed by atoms with E-state index in [-0.39, 0.29) is 24.0 Å². The van der Waals surface area contributed by atoms with E-state index in [0.29, 0.717) is 19.0 Å². The molecule has 0 amide bonds. The van der Waals surface area contributed by atoms with Gasteiger partial charge in [0.2, 0.25) is 0 Å². The smallest absolute Gasteiger partial charge is 0.506 e. The van der Waals surface area contributed by atoms with Crippen molar-refractivity contribution < 1.29 is 19.3 Å². The van der Waals surface area contributed by atoms with E-state index in [1.165, 1.54) is 6.07 Å². The predicted molar refractivity (Wildman–Crippen MR) is 71.5 cm³/mol. The van der Waals surface area contributed by atoms with E-state index >= 15 is 0 Å². The van der Waals surface area contributed by atoms with E-state index in [1.807, 2.05) is 0 Å². The number of halogens is 1. The van der Waals surface area contributed by atoms with Crippen LogP contribution in [0.15, 0.2) is 12.1 Å². The number of rotatable bonds is 7. The van der Waals surface area contributed by atoms with Crippen LogP contribution in [0.5, 0.6) is 5.75 Å². The molecule has 1 unspecified atom stereocenters. The van der Waals surface area contributed by atoms with E-state index in [0.717, 1.165) is 11.1 Å². The van der Waals surface area contributed by atoms with Crippen molar-refractivity contribution in [3.05, 3.63) is 28.3 Å². The number of phenolic OH excluding ortho intramolecular Hbond substituents is 1. The number of hydrogen-bond donors (Lipinski definition) is 2. The standard InChI is InChI=1S/C12H16ClO4P/c1-2-18(16)17-8-9-5-6-11(15)12(13)10(9)4-3-7-14/h5-6,14H,2-4,7-8H2,1H3/p+1. The Morgan fingerprint density at radius 2 is 2.17 bits per heavy atom. The molecule has 4 nitrogen and oxygen atoms in total. The largest absolute Gasteiger partial charge is 0.508 e. The Morgan fingerprint density at radius 3 is 2.78 bits per heavy atom. The molecule has 0 radical (unpaired) electrons. The highest BCUT2D eigenvalue weighted by Crippen LogP contribution is 2.33. The van der Waals surface area contributed by atoms with Crippen LogP contribution in [0.4, 0.5) is 0 Å². The zero-order valence-electron chi connectivity index (χ0n) is 10.2. The number of benzene rings is 1. The van der Waals surface area contributed by atoms with Crippen LogP contribution in [0.3, 0.4) is 0 Å². The SMILES string of the molecule is CC[P+](=O)OCc1ccc(O)c(Cl)c1CCCO. The molecule has 0 spiro atoms. The molecule has 0 fully saturated rings. The molecule has 100 valence electrons. The molecule has 0 aliphatic heterocycles. The van der Waals surface area contributed by atoms with Gasteiger partial charge in [0.25, 0.3) is 0 Å². The average Bonchev–Trinajstić information content (AvgIpc) is 2.38. The first-order chi connectivity index (χ1) is 8.60. The first-order valence-electron chi connectivity index (χ1n) is 5.77. The Balaban J connectivity index is 2.88. The maximum Gasteiger partial charge on any atom is 0.508 e. The topological polar surface area (TPSA) is 66.8 Å². The summed E-state index contributed by atoms with van der Waals surface area (Å²) in [4.78, 5) is 0. The van der Waals surface area contributed by atoms with Crippen molar-refractivity contribution in [1.82, 2.24) is 0 Å². The van der Waals surface area contributed by atoms with Gasteiger partial charge in [0.05, 0.1) is 5.02 Å². The van der Waals surface area contributed by atoms with Crippen LogP contribution in [0, 0.1) is 0 Å². The molecule has 0 heterocycles. The number of aromatic hydroxyl groups is 1. The van der Waals surface area contributed by atoms with Gasteiger partial charge in [-0.1, -0.05) is 17.7 Å². The van der Waals surface area contributed by atoms with Gasteiger partial charge >= 0.3 is 8.03 Å². The second-order valence-electron chi connectivity index (χ2n) is 3.79. The summed E-state index contributed by atoms with van der Waals surface area (Å²) in [5, 5.41) is 18.7. The average molecular weight is 292 g/mol. The van der Waals surface area contributed by atoms with Crippen LogP contribution < -0.4 is 0 Å². The lowest BCUT2D eigenvalue weighted by Gasteiger charge is -2.10. The fourth-order valence-electron chi connectivity index (χ4n) is 1.54. The van der Waals surface area contributed by atoms with Gasteiger partial charge in [-0.15, -0.1) is 4.52 Å². The summed E-state index contributed by atoms with van der Waals surface area (Å²) < 4.78 is 16.5. The highest BCUT2D eigenvalue weighted by Gasteiger charge is 2.17. The summed E-state index contributed by atoms with van der Waals surface area (Å²) in [6, 6.07) is 3.19. The molecule has 0 aliphatic rings. The van der Waals surface area contributed by atoms with Crippen LogP contribution in [0.1, 0.15) is 24.5 Å². The quantitative estimate of drug-likeness (QED) is 0.757. The van der Waals surface area contributed by atoms with Crippen LogP contribution >= 0.6 is 19.6 Å². The number of aliphatic hydroxyl groups is 1. The van der Waals surface area contributed by atoms with E-state index in [1.54, 1.807) is 13.0 Å². The predicted octanol–water partition coefficient (Wildman–Crippen LogP) is 3.25. The second-order valence-corrected chi connectivity index (χ2v) is 5.72. The van der Waals surface area contributed by atoms with Crippen LogP contribution in [0.25, 0.3) is 0 Å². The zero-order valence-corrected chi connectivity index (χ0v) is 11.9. The van der Waals surface area contributed by atoms with E-state index in [2.05, 4.69) is 0 Å². The van der Waals surface area contributed by atoms with Crippen molar-refractivity contribution in [1.29, 1.82) is 0 Å². The third kappa shape index (κ3) is 4.21. The molecule has 2 N–H and O–H groups in total. The fraction of sp³-hybridized carbons (Fsp3) is 0.500. The van der Waals surface area contributed by atoms with Crippen LogP contribution in [-0.4, -0.2) is 23.0 Å². The Morgan fingerprint density at radius 1 is 1.44 bits per heavy atom. The molecule has 1 aromatic rings.